The Labute approximate surface area is 128 Å². The Kier molecular flexibility index (Phi) is 6.33. The highest BCUT2D eigenvalue weighted by molar-refractivity contribution is 8.14. The number of halogens is 1. The number of rotatable bonds is 7. The van der Waals surface area contributed by atoms with E-state index in [-0.39, 0.29) is 16.7 Å². The summed E-state index contributed by atoms with van der Waals surface area (Å²) in [7, 11) is -1.89. The van der Waals surface area contributed by atoms with Gasteiger partial charge in [-0.15, -0.1) is 11.8 Å². The number of hydrogen-bond donors (Lipinski definition) is 1. The van der Waals surface area contributed by atoms with Crippen LogP contribution in [-0.4, -0.2) is 34.4 Å². The largest absolute Gasteiger partial charge is 0.240 e. The summed E-state index contributed by atoms with van der Waals surface area (Å²) < 4.78 is 47.8. The van der Waals surface area contributed by atoms with E-state index in [0.29, 0.717) is 5.75 Å². The third kappa shape index (κ3) is 6.45. The van der Waals surface area contributed by atoms with E-state index < -0.39 is 19.1 Å². The lowest BCUT2D eigenvalue weighted by atomic mass is 10.4. The Hall–Kier alpha value is -0.280. The molecule has 1 aromatic rings. The zero-order chi connectivity index (χ0) is 15.4. The van der Waals surface area contributed by atoms with E-state index in [0.717, 1.165) is 4.90 Å². The molecular weight excluding hydrogens is 342 g/mol. The fourth-order valence-electron chi connectivity index (χ4n) is 1.35. The van der Waals surface area contributed by atoms with Crippen molar-refractivity contribution in [1.29, 1.82) is 0 Å². The van der Waals surface area contributed by atoms with Crippen LogP contribution in [-0.2, 0) is 19.1 Å². The van der Waals surface area contributed by atoms with Crippen molar-refractivity contribution in [2.75, 3.05) is 11.5 Å². The molecule has 0 heterocycles. The van der Waals surface area contributed by atoms with Crippen LogP contribution in [0.3, 0.4) is 0 Å². The second-order valence-corrected chi connectivity index (χ2v) is 10.1. The molecule has 114 valence electrons. The molecule has 0 radical (unpaired) electrons. The average molecular weight is 358 g/mol. The molecule has 0 aliphatic carbocycles. The maximum Gasteiger partial charge on any atom is 0.240 e. The molecule has 0 unspecified atom stereocenters. The molecule has 0 fully saturated rings. The van der Waals surface area contributed by atoms with Gasteiger partial charge in [-0.1, -0.05) is 0 Å². The maximum absolute atomic E-state index is 11.9. The molecule has 0 aliphatic rings. The van der Waals surface area contributed by atoms with Gasteiger partial charge in [0, 0.05) is 27.4 Å². The van der Waals surface area contributed by atoms with Gasteiger partial charge in [-0.3, -0.25) is 0 Å². The summed E-state index contributed by atoms with van der Waals surface area (Å²) in [6, 6.07) is 6.08. The summed E-state index contributed by atoms with van der Waals surface area (Å²) in [5, 5.41) is 0. The molecule has 5 nitrogen and oxygen atoms in total. The van der Waals surface area contributed by atoms with Crippen molar-refractivity contribution >= 4 is 41.5 Å². The summed E-state index contributed by atoms with van der Waals surface area (Å²) in [4.78, 5) is 0.967. The third-order valence-corrected chi connectivity index (χ3v) is 6.22. The predicted octanol–water partition coefficient (Wildman–Crippen LogP) is 2.03. The van der Waals surface area contributed by atoms with Gasteiger partial charge in [0.05, 0.1) is 10.6 Å². The molecular formula is C11H16ClNO4S3. The van der Waals surface area contributed by atoms with E-state index in [1.165, 1.54) is 23.9 Å². The fraction of sp³-hybridized carbons (Fsp3) is 0.455. The smallest absolute Gasteiger partial charge is 0.212 e. The number of nitrogens with one attached hydrogen (secondary N) is 1. The molecule has 0 amide bonds. The van der Waals surface area contributed by atoms with Crippen LogP contribution in [0.4, 0.5) is 0 Å². The lowest BCUT2D eigenvalue weighted by molar-refractivity contribution is 0.569. The number of hydrogen-bond acceptors (Lipinski definition) is 5. The fourth-order valence-corrected chi connectivity index (χ4v) is 4.86. The highest BCUT2D eigenvalue weighted by atomic mass is 35.7. The van der Waals surface area contributed by atoms with Crippen LogP contribution in [0.2, 0.25) is 0 Å². The lowest BCUT2D eigenvalue weighted by Crippen LogP contribution is -2.30. The summed E-state index contributed by atoms with van der Waals surface area (Å²) in [6.45, 7) is 3.49. The molecule has 0 saturated heterocycles. The van der Waals surface area contributed by atoms with Gasteiger partial charge in [-0.05, 0) is 38.1 Å². The predicted molar refractivity (Wildman–Crippen MR) is 82.3 cm³/mol. The molecule has 0 atom stereocenters. The first-order valence-corrected chi connectivity index (χ1v) is 10.7. The Morgan fingerprint density at radius 1 is 1.15 bits per heavy atom. The molecule has 1 N–H and O–H groups in total. The van der Waals surface area contributed by atoms with Gasteiger partial charge in [0.1, 0.15) is 0 Å². The lowest BCUT2D eigenvalue weighted by Gasteiger charge is -2.09. The summed E-state index contributed by atoms with van der Waals surface area (Å²) in [6.07, 6.45) is 0. The number of benzene rings is 1. The van der Waals surface area contributed by atoms with Crippen molar-refractivity contribution in [3.63, 3.8) is 0 Å². The highest BCUT2D eigenvalue weighted by Crippen LogP contribution is 2.21. The van der Waals surface area contributed by atoms with Crippen LogP contribution in [0.25, 0.3) is 0 Å². The minimum absolute atomic E-state index is 0.131. The molecule has 1 aromatic carbocycles. The van der Waals surface area contributed by atoms with Gasteiger partial charge in [-0.25, -0.2) is 21.6 Å². The van der Waals surface area contributed by atoms with Crippen LogP contribution in [0.15, 0.2) is 34.1 Å². The summed E-state index contributed by atoms with van der Waals surface area (Å²) in [5.74, 6) is 0.191. The first-order valence-electron chi connectivity index (χ1n) is 5.78. The van der Waals surface area contributed by atoms with Crippen LogP contribution >= 0.6 is 22.4 Å². The van der Waals surface area contributed by atoms with E-state index in [1.807, 2.05) is 0 Å². The van der Waals surface area contributed by atoms with Gasteiger partial charge >= 0.3 is 0 Å². The SMILES string of the molecule is CC(C)NS(=O)(=O)c1ccc(SCCS(=O)(=O)Cl)cc1. The number of sulfonamides is 1. The van der Waals surface area contributed by atoms with Crippen LogP contribution in [0, 0.1) is 0 Å². The van der Waals surface area contributed by atoms with E-state index in [1.54, 1.807) is 26.0 Å². The van der Waals surface area contributed by atoms with E-state index >= 15 is 0 Å². The Bertz CT molecular complexity index is 639. The topological polar surface area (TPSA) is 80.3 Å². The second kappa shape index (κ2) is 7.13. The Morgan fingerprint density at radius 3 is 2.15 bits per heavy atom. The molecule has 0 spiro atoms. The average Bonchev–Trinajstić information content (AvgIpc) is 2.26. The number of thioether (sulfide) groups is 1. The van der Waals surface area contributed by atoms with Gasteiger partial charge in [0.15, 0.2) is 0 Å². The summed E-state index contributed by atoms with van der Waals surface area (Å²) >= 11 is 1.30. The zero-order valence-corrected chi connectivity index (χ0v) is 14.2. The van der Waals surface area contributed by atoms with Gasteiger partial charge in [-0.2, -0.15) is 0 Å². The quantitative estimate of drug-likeness (QED) is 0.596. The molecule has 0 aromatic heterocycles. The molecule has 20 heavy (non-hydrogen) atoms. The molecule has 1 rings (SSSR count). The third-order valence-electron chi connectivity index (χ3n) is 2.12. The van der Waals surface area contributed by atoms with Crippen LogP contribution in [0.1, 0.15) is 13.8 Å². The summed E-state index contributed by atoms with van der Waals surface area (Å²) in [5.41, 5.74) is 0. The molecule has 0 bridgehead atoms. The monoisotopic (exact) mass is 357 g/mol. The van der Waals surface area contributed by atoms with E-state index in [4.69, 9.17) is 10.7 Å². The molecule has 0 aliphatic heterocycles. The first kappa shape index (κ1) is 17.8. The van der Waals surface area contributed by atoms with Crippen LogP contribution in [0.5, 0.6) is 0 Å². The van der Waals surface area contributed by atoms with Crippen molar-refractivity contribution in [3.05, 3.63) is 24.3 Å². The Balaban J connectivity index is 2.70. The van der Waals surface area contributed by atoms with Gasteiger partial charge < -0.3 is 0 Å². The maximum atomic E-state index is 11.9. The van der Waals surface area contributed by atoms with E-state index in [9.17, 15) is 16.8 Å². The van der Waals surface area contributed by atoms with Crippen molar-refractivity contribution in [2.24, 2.45) is 0 Å². The van der Waals surface area contributed by atoms with Crippen molar-refractivity contribution in [2.45, 2.75) is 29.7 Å². The zero-order valence-electron chi connectivity index (χ0n) is 11.0. The van der Waals surface area contributed by atoms with E-state index in [2.05, 4.69) is 4.72 Å². The van der Waals surface area contributed by atoms with Crippen molar-refractivity contribution in [1.82, 2.24) is 4.72 Å². The first-order chi connectivity index (χ1) is 9.10. The minimum Gasteiger partial charge on any atom is -0.212 e. The highest BCUT2D eigenvalue weighted by Gasteiger charge is 2.15. The van der Waals surface area contributed by atoms with Crippen molar-refractivity contribution < 1.29 is 16.8 Å². The standard InChI is InChI=1S/C11H16ClNO4S3/c1-9(2)13-20(16,17)11-5-3-10(4-6-11)18-7-8-19(12,14)15/h3-6,9,13H,7-8H2,1-2H3. The second-order valence-electron chi connectivity index (χ2n) is 4.34. The van der Waals surface area contributed by atoms with Gasteiger partial charge in [0.25, 0.3) is 0 Å². The van der Waals surface area contributed by atoms with Gasteiger partial charge in [0.2, 0.25) is 19.1 Å². The Morgan fingerprint density at radius 2 is 1.70 bits per heavy atom. The molecule has 0 saturated carbocycles. The minimum atomic E-state index is -3.50. The van der Waals surface area contributed by atoms with Crippen molar-refractivity contribution in [3.8, 4) is 0 Å². The molecule has 9 heteroatoms. The normalized spacial score (nSPS) is 12.8. The van der Waals surface area contributed by atoms with Crippen LogP contribution < -0.4 is 4.72 Å².